The number of aryl methyl sites for hydroxylation is 1. The fourth-order valence-corrected chi connectivity index (χ4v) is 2.16. The zero-order valence-corrected chi connectivity index (χ0v) is 11.2. The van der Waals surface area contributed by atoms with Crippen molar-refractivity contribution in [2.75, 3.05) is 5.73 Å². The Bertz CT molecular complexity index is 952. The van der Waals surface area contributed by atoms with Gasteiger partial charge >= 0.3 is 5.69 Å². The molecule has 2 aromatic heterocycles. The molecule has 0 aliphatic carbocycles. The molecule has 0 unspecified atom stereocenters. The molecular weight excluding hydrogens is 266 g/mol. The monoisotopic (exact) mass is 277 g/mol. The van der Waals surface area contributed by atoms with Gasteiger partial charge in [0.25, 0.3) is 0 Å². The van der Waals surface area contributed by atoms with Crippen LogP contribution in [0.5, 0.6) is 0 Å². The molecule has 0 atom stereocenters. The van der Waals surface area contributed by atoms with Crippen molar-refractivity contribution in [2.45, 2.75) is 6.92 Å². The van der Waals surface area contributed by atoms with Gasteiger partial charge in [-0.15, -0.1) is 0 Å². The van der Waals surface area contributed by atoms with Crippen LogP contribution < -0.4 is 11.4 Å². The van der Waals surface area contributed by atoms with E-state index in [2.05, 4.69) is 9.97 Å². The number of hydrogen-bond acceptors (Lipinski definition) is 5. The number of pyridine rings is 1. The maximum absolute atomic E-state index is 12.2. The van der Waals surface area contributed by atoms with Crippen LogP contribution in [0.4, 0.5) is 5.82 Å². The predicted molar refractivity (Wildman–Crippen MR) is 79.0 cm³/mol. The fraction of sp³-hybridized carbons (Fsp3) is 0.0667. The zero-order valence-electron chi connectivity index (χ0n) is 11.2. The summed E-state index contributed by atoms with van der Waals surface area (Å²) in [6, 6.07) is 12.3. The molecule has 0 spiro atoms. The molecule has 21 heavy (non-hydrogen) atoms. The number of hydrogen-bond donors (Lipinski definition) is 1. The molecule has 3 aromatic rings. The molecule has 0 saturated heterocycles. The van der Waals surface area contributed by atoms with E-state index in [0.29, 0.717) is 22.3 Å². The first-order valence-corrected chi connectivity index (χ1v) is 6.26. The number of aromatic nitrogens is 3. The van der Waals surface area contributed by atoms with Crippen molar-refractivity contribution in [3.8, 4) is 11.8 Å². The summed E-state index contributed by atoms with van der Waals surface area (Å²) in [5.74, 6) is 0.148. The summed E-state index contributed by atoms with van der Waals surface area (Å²) in [6.07, 6.45) is 0. The van der Waals surface area contributed by atoms with Gasteiger partial charge in [0, 0.05) is 5.69 Å². The summed E-state index contributed by atoms with van der Waals surface area (Å²) in [5, 5.41) is 9.59. The highest BCUT2D eigenvalue weighted by molar-refractivity contribution is 5.86. The lowest BCUT2D eigenvalue weighted by molar-refractivity contribution is 0.940. The molecule has 0 saturated carbocycles. The smallest absolute Gasteiger partial charge is 0.355 e. The Morgan fingerprint density at radius 1 is 1.24 bits per heavy atom. The van der Waals surface area contributed by atoms with Gasteiger partial charge < -0.3 is 5.73 Å². The van der Waals surface area contributed by atoms with Gasteiger partial charge in [-0.1, -0.05) is 6.07 Å². The second kappa shape index (κ2) is 4.72. The number of benzene rings is 1. The Labute approximate surface area is 120 Å². The van der Waals surface area contributed by atoms with Gasteiger partial charge in [0.1, 0.15) is 5.82 Å². The summed E-state index contributed by atoms with van der Waals surface area (Å²) in [7, 11) is 0. The van der Waals surface area contributed by atoms with E-state index in [0.717, 1.165) is 5.69 Å². The third-order valence-corrected chi connectivity index (χ3v) is 3.14. The van der Waals surface area contributed by atoms with Crippen LogP contribution in [0.25, 0.3) is 16.7 Å². The lowest BCUT2D eigenvalue weighted by Gasteiger charge is -2.10. The molecule has 0 fully saturated rings. The minimum absolute atomic E-state index is 0.148. The molecular formula is C15H11N5O. The van der Waals surface area contributed by atoms with E-state index in [4.69, 9.17) is 11.0 Å². The first-order valence-electron chi connectivity index (χ1n) is 6.26. The average molecular weight is 277 g/mol. The van der Waals surface area contributed by atoms with Crippen molar-refractivity contribution in [2.24, 2.45) is 0 Å². The molecule has 2 heterocycles. The van der Waals surface area contributed by atoms with E-state index in [1.165, 1.54) is 4.57 Å². The predicted octanol–water partition coefficient (Wildman–Crippen LogP) is 1.54. The molecule has 102 valence electrons. The van der Waals surface area contributed by atoms with Crippen LogP contribution in [0.1, 0.15) is 11.3 Å². The van der Waals surface area contributed by atoms with Crippen molar-refractivity contribution < 1.29 is 0 Å². The van der Waals surface area contributed by atoms with Crippen LogP contribution in [0.3, 0.4) is 0 Å². The highest BCUT2D eigenvalue weighted by Crippen LogP contribution is 2.19. The van der Waals surface area contributed by atoms with Gasteiger partial charge in [-0.2, -0.15) is 10.2 Å². The van der Waals surface area contributed by atoms with Crippen molar-refractivity contribution in [1.29, 1.82) is 5.26 Å². The van der Waals surface area contributed by atoms with Gasteiger partial charge in [-0.3, -0.25) is 0 Å². The van der Waals surface area contributed by atoms with E-state index in [-0.39, 0.29) is 5.82 Å². The maximum Gasteiger partial charge on any atom is 0.355 e. The summed E-state index contributed by atoms with van der Waals surface area (Å²) in [5.41, 5.74) is 7.46. The largest absolute Gasteiger partial charge is 0.383 e. The lowest BCUT2D eigenvalue weighted by atomic mass is 10.2. The number of fused-ring (bicyclic) bond motifs is 1. The van der Waals surface area contributed by atoms with Crippen LogP contribution in [0, 0.1) is 18.3 Å². The number of anilines is 1. The van der Waals surface area contributed by atoms with E-state index >= 15 is 0 Å². The Balaban J connectivity index is 2.44. The van der Waals surface area contributed by atoms with Crippen molar-refractivity contribution in [1.82, 2.24) is 14.5 Å². The SMILES string of the molecule is Cc1ccc2c(N)nc(=O)n(-c3cccc(C#N)c3)c2n1. The highest BCUT2D eigenvalue weighted by Gasteiger charge is 2.12. The molecule has 6 heteroatoms. The Hall–Kier alpha value is -3.20. The molecule has 6 nitrogen and oxygen atoms in total. The third-order valence-electron chi connectivity index (χ3n) is 3.14. The van der Waals surface area contributed by atoms with Crippen LogP contribution in [0.2, 0.25) is 0 Å². The number of nitrogens with two attached hydrogens (primary N) is 1. The van der Waals surface area contributed by atoms with Crippen LogP contribution in [0.15, 0.2) is 41.2 Å². The van der Waals surface area contributed by atoms with Crippen LogP contribution in [-0.4, -0.2) is 14.5 Å². The van der Waals surface area contributed by atoms with Gasteiger partial charge in [0.15, 0.2) is 5.65 Å². The highest BCUT2D eigenvalue weighted by atomic mass is 16.1. The van der Waals surface area contributed by atoms with Crippen LogP contribution >= 0.6 is 0 Å². The molecule has 0 aliphatic heterocycles. The molecule has 2 N–H and O–H groups in total. The van der Waals surface area contributed by atoms with Gasteiger partial charge in [-0.25, -0.2) is 14.3 Å². The first-order chi connectivity index (χ1) is 10.1. The quantitative estimate of drug-likeness (QED) is 0.727. The van der Waals surface area contributed by atoms with Gasteiger partial charge in [-0.05, 0) is 37.3 Å². The normalized spacial score (nSPS) is 10.5. The molecule has 0 radical (unpaired) electrons. The van der Waals surface area contributed by atoms with Crippen LogP contribution in [-0.2, 0) is 0 Å². The minimum Gasteiger partial charge on any atom is -0.383 e. The van der Waals surface area contributed by atoms with Gasteiger partial charge in [0.05, 0.1) is 22.7 Å². The number of rotatable bonds is 1. The Kier molecular flexibility index (Phi) is 2.88. The molecule has 3 rings (SSSR count). The zero-order chi connectivity index (χ0) is 15.0. The maximum atomic E-state index is 12.2. The number of nitriles is 1. The molecule has 0 amide bonds. The van der Waals surface area contributed by atoms with E-state index in [1.54, 1.807) is 36.4 Å². The second-order valence-corrected chi connectivity index (χ2v) is 4.60. The summed E-state index contributed by atoms with van der Waals surface area (Å²) >= 11 is 0. The lowest BCUT2D eigenvalue weighted by Crippen LogP contribution is -2.24. The second-order valence-electron chi connectivity index (χ2n) is 4.60. The molecule has 1 aromatic carbocycles. The van der Waals surface area contributed by atoms with Gasteiger partial charge in [0.2, 0.25) is 0 Å². The summed E-state index contributed by atoms with van der Waals surface area (Å²) < 4.78 is 1.36. The summed E-state index contributed by atoms with van der Waals surface area (Å²) in [6.45, 7) is 1.83. The number of nitrogen functional groups attached to an aromatic ring is 1. The van der Waals surface area contributed by atoms with E-state index in [1.807, 2.05) is 13.0 Å². The Morgan fingerprint density at radius 2 is 2.05 bits per heavy atom. The minimum atomic E-state index is -0.520. The van der Waals surface area contributed by atoms with Crippen molar-refractivity contribution >= 4 is 16.9 Å². The Morgan fingerprint density at radius 3 is 2.81 bits per heavy atom. The fourth-order valence-electron chi connectivity index (χ4n) is 2.16. The summed E-state index contributed by atoms with van der Waals surface area (Å²) in [4.78, 5) is 20.4. The topological polar surface area (TPSA) is 97.6 Å². The average Bonchev–Trinajstić information content (AvgIpc) is 2.47. The van der Waals surface area contributed by atoms with E-state index < -0.39 is 5.69 Å². The molecule has 0 bridgehead atoms. The third kappa shape index (κ3) is 2.11. The number of nitrogens with zero attached hydrogens (tertiary/aromatic N) is 4. The molecule has 0 aliphatic rings. The first kappa shape index (κ1) is 12.8. The standard InChI is InChI=1S/C15H11N5O/c1-9-5-6-12-13(17)19-15(21)20(14(12)18-9)11-4-2-3-10(7-11)8-16/h2-7H,1H3,(H2,17,19,21). The van der Waals surface area contributed by atoms with Crippen molar-refractivity contribution in [3.63, 3.8) is 0 Å². The van der Waals surface area contributed by atoms with Crippen molar-refractivity contribution in [3.05, 3.63) is 58.1 Å². The van der Waals surface area contributed by atoms with E-state index in [9.17, 15) is 4.79 Å².